The Labute approximate surface area is 127 Å². The average molecular weight is 299 g/mol. The van der Waals surface area contributed by atoms with E-state index in [0.29, 0.717) is 0 Å². The van der Waals surface area contributed by atoms with E-state index in [-0.39, 0.29) is 0 Å². The summed E-state index contributed by atoms with van der Waals surface area (Å²) in [4.78, 5) is 8.62. The quantitative estimate of drug-likeness (QED) is 0.636. The molecule has 0 saturated carbocycles. The Bertz CT molecular complexity index is 364. The van der Waals surface area contributed by atoms with Crippen LogP contribution in [0.1, 0.15) is 36.3 Å². The number of likely N-dealkylation sites (N-methyl/N-ethyl adjacent to an activating group) is 1. The summed E-state index contributed by atoms with van der Waals surface area (Å²) in [6.45, 7) is 12.5. The van der Waals surface area contributed by atoms with Crippen molar-refractivity contribution in [2.75, 3.05) is 39.9 Å². The summed E-state index contributed by atoms with van der Waals surface area (Å²) in [5, 5.41) is 4.69. The zero-order chi connectivity index (χ0) is 14.8. The second-order valence-electron chi connectivity index (χ2n) is 4.78. The number of aromatic nitrogens is 1. The number of hydrogen-bond donors (Lipinski definition) is 1. The Morgan fingerprint density at radius 3 is 2.60 bits per heavy atom. The average Bonchev–Trinajstić information content (AvgIpc) is 2.87. The van der Waals surface area contributed by atoms with Gasteiger partial charge in [0.1, 0.15) is 0 Å². The standard InChI is InChI=1S/C15H29N3OS/c1-5-13-14(12-16-9-11-19-4)20-15(17-13)8-10-18(6-2)7-3/h16H,5-12H2,1-4H3. The number of nitrogens with zero attached hydrogens (tertiary/aromatic N) is 2. The van der Waals surface area contributed by atoms with Gasteiger partial charge in [0.15, 0.2) is 0 Å². The molecule has 0 spiro atoms. The molecule has 20 heavy (non-hydrogen) atoms. The van der Waals surface area contributed by atoms with Gasteiger partial charge in [-0.15, -0.1) is 11.3 Å². The van der Waals surface area contributed by atoms with Gasteiger partial charge in [0.05, 0.1) is 17.3 Å². The Hall–Kier alpha value is -0.490. The van der Waals surface area contributed by atoms with Crippen molar-refractivity contribution in [3.05, 3.63) is 15.6 Å². The molecule has 0 saturated heterocycles. The van der Waals surface area contributed by atoms with Gasteiger partial charge in [0.2, 0.25) is 0 Å². The van der Waals surface area contributed by atoms with Crippen LogP contribution in [0.3, 0.4) is 0 Å². The number of methoxy groups -OCH3 is 1. The van der Waals surface area contributed by atoms with E-state index in [2.05, 4.69) is 31.0 Å². The fourth-order valence-electron chi connectivity index (χ4n) is 2.13. The minimum Gasteiger partial charge on any atom is -0.383 e. The van der Waals surface area contributed by atoms with E-state index in [1.807, 2.05) is 11.3 Å². The normalized spacial score (nSPS) is 11.4. The molecule has 0 aromatic carbocycles. The molecule has 1 aromatic heterocycles. The van der Waals surface area contributed by atoms with Crippen molar-refractivity contribution in [3.8, 4) is 0 Å². The minimum absolute atomic E-state index is 0.759. The number of nitrogens with one attached hydrogen (secondary N) is 1. The Balaban J connectivity index is 2.50. The summed E-state index contributed by atoms with van der Waals surface area (Å²) in [6.07, 6.45) is 2.08. The first-order valence-electron chi connectivity index (χ1n) is 7.64. The molecule has 116 valence electrons. The van der Waals surface area contributed by atoms with Crippen molar-refractivity contribution in [1.29, 1.82) is 0 Å². The molecule has 0 radical (unpaired) electrons. The summed E-state index contributed by atoms with van der Waals surface area (Å²) in [7, 11) is 1.73. The van der Waals surface area contributed by atoms with Crippen molar-refractivity contribution >= 4 is 11.3 Å². The molecular formula is C15H29N3OS. The van der Waals surface area contributed by atoms with E-state index in [1.165, 1.54) is 15.6 Å². The third kappa shape index (κ3) is 5.87. The first kappa shape index (κ1) is 17.6. The zero-order valence-electron chi connectivity index (χ0n) is 13.4. The van der Waals surface area contributed by atoms with Crippen molar-refractivity contribution < 1.29 is 4.74 Å². The van der Waals surface area contributed by atoms with Crippen LogP contribution in [0.15, 0.2) is 0 Å². The highest BCUT2D eigenvalue weighted by Gasteiger charge is 2.10. The van der Waals surface area contributed by atoms with Crippen molar-refractivity contribution in [2.24, 2.45) is 0 Å². The third-order valence-corrected chi connectivity index (χ3v) is 4.62. The molecule has 0 aliphatic heterocycles. The second-order valence-corrected chi connectivity index (χ2v) is 5.95. The van der Waals surface area contributed by atoms with Crippen LogP contribution in [0.2, 0.25) is 0 Å². The first-order valence-corrected chi connectivity index (χ1v) is 8.46. The zero-order valence-corrected chi connectivity index (χ0v) is 14.2. The minimum atomic E-state index is 0.759. The summed E-state index contributed by atoms with van der Waals surface area (Å²) in [5.74, 6) is 0. The fourth-order valence-corrected chi connectivity index (χ4v) is 3.24. The topological polar surface area (TPSA) is 37.4 Å². The molecule has 1 aromatic rings. The Kier molecular flexibility index (Phi) is 9.02. The second kappa shape index (κ2) is 10.3. The van der Waals surface area contributed by atoms with Gasteiger partial charge in [0.25, 0.3) is 0 Å². The molecule has 5 heteroatoms. The van der Waals surface area contributed by atoms with Gasteiger partial charge >= 0.3 is 0 Å². The van der Waals surface area contributed by atoms with Crippen LogP contribution >= 0.6 is 11.3 Å². The van der Waals surface area contributed by atoms with Crippen LogP contribution in [0.25, 0.3) is 0 Å². The monoisotopic (exact) mass is 299 g/mol. The molecule has 1 rings (SSSR count). The number of thiazole rings is 1. The highest BCUT2D eigenvalue weighted by atomic mass is 32.1. The Morgan fingerprint density at radius 2 is 2.00 bits per heavy atom. The molecule has 4 nitrogen and oxygen atoms in total. The molecule has 0 fully saturated rings. The molecule has 1 heterocycles. The number of ether oxygens (including phenoxy) is 1. The molecule has 0 bridgehead atoms. The highest BCUT2D eigenvalue weighted by molar-refractivity contribution is 7.11. The molecule has 0 aliphatic rings. The van der Waals surface area contributed by atoms with E-state index in [4.69, 9.17) is 9.72 Å². The largest absolute Gasteiger partial charge is 0.383 e. The molecule has 1 N–H and O–H groups in total. The summed E-state index contributed by atoms with van der Waals surface area (Å²) < 4.78 is 5.05. The molecule has 0 atom stereocenters. The lowest BCUT2D eigenvalue weighted by atomic mass is 10.3. The lowest BCUT2D eigenvalue weighted by Crippen LogP contribution is -2.25. The summed E-state index contributed by atoms with van der Waals surface area (Å²) >= 11 is 1.86. The van der Waals surface area contributed by atoms with Crippen molar-refractivity contribution in [2.45, 2.75) is 40.2 Å². The van der Waals surface area contributed by atoms with Crippen LogP contribution in [0.4, 0.5) is 0 Å². The van der Waals surface area contributed by atoms with E-state index >= 15 is 0 Å². The lowest BCUT2D eigenvalue weighted by molar-refractivity contribution is 0.199. The van der Waals surface area contributed by atoms with Gasteiger partial charge in [-0.2, -0.15) is 0 Å². The van der Waals surface area contributed by atoms with Gasteiger partial charge < -0.3 is 15.0 Å². The predicted octanol–water partition coefficient (Wildman–Crippen LogP) is 2.33. The first-order chi connectivity index (χ1) is 9.74. The summed E-state index contributed by atoms with van der Waals surface area (Å²) in [6, 6.07) is 0. The maximum atomic E-state index is 5.05. The number of hydrogen-bond acceptors (Lipinski definition) is 5. The Morgan fingerprint density at radius 1 is 1.25 bits per heavy atom. The van der Waals surface area contributed by atoms with E-state index < -0.39 is 0 Å². The fraction of sp³-hybridized carbons (Fsp3) is 0.800. The van der Waals surface area contributed by atoms with E-state index in [9.17, 15) is 0 Å². The van der Waals surface area contributed by atoms with Crippen molar-refractivity contribution in [1.82, 2.24) is 15.2 Å². The van der Waals surface area contributed by atoms with Gasteiger partial charge in [-0.25, -0.2) is 4.98 Å². The van der Waals surface area contributed by atoms with Crippen LogP contribution in [0, 0.1) is 0 Å². The molecular weight excluding hydrogens is 270 g/mol. The third-order valence-electron chi connectivity index (χ3n) is 3.46. The maximum Gasteiger partial charge on any atom is 0.0944 e. The maximum absolute atomic E-state index is 5.05. The molecule has 0 amide bonds. The summed E-state index contributed by atoms with van der Waals surface area (Å²) in [5.41, 5.74) is 1.26. The van der Waals surface area contributed by atoms with E-state index in [0.717, 1.165) is 52.2 Å². The van der Waals surface area contributed by atoms with Crippen LogP contribution < -0.4 is 5.32 Å². The number of aryl methyl sites for hydroxylation is 1. The molecule has 0 aliphatic carbocycles. The SMILES string of the molecule is CCc1nc(CCN(CC)CC)sc1CNCCOC. The highest BCUT2D eigenvalue weighted by Crippen LogP contribution is 2.20. The van der Waals surface area contributed by atoms with Crippen LogP contribution in [-0.2, 0) is 24.1 Å². The van der Waals surface area contributed by atoms with Crippen LogP contribution in [-0.4, -0.2) is 49.8 Å². The van der Waals surface area contributed by atoms with E-state index in [1.54, 1.807) is 7.11 Å². The number of rotatable bonds is 11. The predicted molar refractivity (Wildman–Crippen MR) is 86.6 cm³/mol. The van der Waals surface area contributed by atoms with Gasteiger partial charge in [-0.3, -0.25) is 0 Å². The van der Waals surface area contributed by atoms with Gasteiger partial charge in [-0.05, 0) is 19.5 Å². The van der Waals surface area contributed by atoms with Crippen LogP contribution in [0.5, 0.6) is 0 Å². The van der Waals surface area contributed by atoms with Crippen molar-refractivity contribution in [3.63, 3.8) is 0 Å². The lowest BCUT2D eigenvalue weighted by Gasteiger charge is -2.16. The molecule has 0 unspecified atom stereocenters. The van der Waals surface area contributed by atoms with Gasteiger partial charge in [-0.1, -0.05) is 20.8 Å². The van der Waals surface area contributed by atoms with Gasteiger partial charge in [0, 0.05) is 38.0 Å². The smallest absolute Gasteiger partial charge is 0.0944 e.